The highest BCUT2D eigenvalue weighted by Gasteiger charge is 2.45. The van der Waals surface area contributed by atoms with Gasteiger partial charge in [0.2, 0.25) is 0 Å². The van der Waals surface area contributed by atoms with Crippen molar-refractivity contribution in [3.63, 3.8) is 0 Å². The lowest BCUT2D eigenvalue weighted by Gasteiger charge is -2.47. The standard InChI is InChI=1S/C16H19F5N4O/c1-8(2)24-4-5-25-11(7-24)15(26)23(3)10-6-9(16(19,20)21)12(13(17)18)22-14(10)25/h6,8,11,13H,4-5,7H2,1-3H3/t11-/m0/s1. The summed E-state index contributed by atoms with van der Waals surface area (Å²) >= 11 is 0. The van der Waals surface area contributed by atoms with Gasteiger partial charge in [0.15, 0.2) is 5.82 Å². The first-order valence-corrected chi connectivity index (χ1v) is 8.21. The largest absolute Gasteiger partial charge is 0.418 e. The summed E-state index contributed by atoms with van der Waals surface area (Å²) in [5, 5.41) is 0. The number of nitrogens with zero attached hydrogens (tertiary/aromatic N) is 4. The SMILES string of the molecule is CC(C)N1CCN2c3nc(C(F)F)c(C(F)(F)F)cc3N(C)C(=O)[C@@H]2C1. The maximum atomic E-state index is 13.2. The van der Waals surface area contributed by atoms with E-state index in [1.54, 1.807) is 4.90 Å². The molecule has 2 aliphatic rings. The summed E-state index contributed by atoms with van der Waals surface area (Å²) in [7, 11) is 1.34. The van der Waals surface area contributed by atoms with Crippen LogP contribution in [0.2, 0.25) is 0 Å². The van der Waals surface area contributed by atoms with Crippen LogP contribution in [0.15, 0.2) is 6.07 Å². The summed E-state index contributed by atoms with van der Waals surface area (Å²) in [5.74, 6) is -0.369. The molecule has 1 fully saturated rings. The van der Waals surface area contributed by atoms with Gasteiger partial charge in [0.1, 0.15) is 11.7 Å². The van der Waals surface area contributed by atoms with Gasteiger partial charge >= 0.3 is 6.18 Å². The molecule has 0 radical (unpaired) electrons. The molecule has 144 valence electrons. The first-order chi connectivity index (χ1) is 12.0. The van der Waals surface area contributed by atoms with E-state index in [1.807, 2.05) is 13.8 Å². The number of anilines is 2. The number of fused-ring (bicyclic) bond motifs is 3. The van der Waals surface area contributed by atoms with E-state index in [4.69, 9.17) is 0 Å². The molecule has 3 rings (SSSR count). The zero-order valence-electron chi connectivity index (χ0n) is 14.5. The van der Waals surface area contributed by atoms with Crippen molar-refractivity contribution in [2.24, 2.45) is 0 Å². The third-order valence-electron chi connectivity index (χ3n) is 4.92. The van der Waals surface area contributed by atoms with Crippen molar-refractivity contribution >= 4 is 17.4 Å². The number of amides is 1. The minimum atomic E-state index is -4.98. The van der Waals surface area contributed by atoms with Crippen LogP contribution >= 0.6 is 0 Å². The second-order valence-electron chi connectivity index (χ2n) is 6.76. The van der Waals surface area contributed by atoms with Crippen LogP contribution in [0.25, 0.3) is 0 Å². The lowest BCUT2D eigenvalue weighted by atomic mass is 10.0. The quantitative estimate of drug-likeness (QED) is 0.742. The van der Waals surface area contributed by atoms with Crippen LogP contribution in [0.4, 0.5) is 33.5 Å². The molecule has 0 unspecified atom stereocenters. The van der Waals surface area contributed by atoms with Crippen LogP contribution in [0.3, 0.4) is 0 Å². The fraction of sp³-hybridized carbons (Fsp3) is 0.625. The summed E-state index contributed by atoms with van der Waals surface area (Å²) < 4.78 is 66.0. The van der Waals surface area contributed by atoms with Crippen LogP contribution < -0.4 is 9.80 Å². The van der Waals surface area contributed by atoms with Gasteiger partial charge in [-0.1, -0.05) is 0 Å². The minimum absolute atomic E-state index is 0.00352. The number of rotatable bonds is 2. The molecule has 10 heteroatoms. The Hall–Kier alpha value is -1.97. The number of carbonyl (C=O) groups is 1. The van der Waals surface area contributed by atoms with Gasteiger partial charge in [-0.3, -0.25) is 9.69 Å². The fourth-order valence-corrected chi connectivity index (χ4v) is 3.44. The number of hydrogen-bond donors (Lipinski definition) is 0. The highest BCUT2D eigenvalue weighted by Crippen LogP contribution is 2.43. The average molecular weight is 378 g/mol. The first kappa shape index (κ1) is 18.8. The van der Waals surface area contributed by atoms with Crippen molar-refractivity contribution in [1.29, 1.82) is 0 Å². The van der Waals surface area contributed by atoms with E-state index in [2.05, 4.69) is 9.88 Å². The molecule has 3 heterocycles. The van der Waals surface area contributed by atoms with E-state index in [0.717, 1.165) is 4.90 Å². The summed E-state index contributed by atoms with van der Waals surface area (Å²) in [5.41, 5.74) is -2.91. The Kier molecular flexibility index (Phi) is 4.58. The van der Waals surface area contributed by atoms with Crippen molar-refractivity contribution in [1.82, 2.24) is 9.88 Å². The van der Waals surface area contributed by atoms with Crippen molar-refractivity contribution in [2.45, 2.75) is 38.5 Å². The summed E-state index contributed by atoms with van der Waals surface area (Å²) in [6.45, 7) is 5.22. The zero-order chi connectivity index (χ0) is 19.4. The number of pyridine rings is 1. The van der Waals surface area contributed by atoms with Gasteiger partial charge in [-0.2, -0.15) is 13.2 Å². The van der Waals surface area contributed by atoms with E-state index in [0.29, 0.717) is 25.7 Å². The number of aromatic nitrogens is 1. The summed E-state index contributed by atoms with van der Waals surface area (Å²) in [6, 6.07) is 0.138. The molecule has 0 saturated carbocycles. The number of piperazine rings is 1. The van der Waals surface area contributed by atoms with Gasteiger partial charge in [0.05, 0.1) is 11.3 Å². The number of likely N-dealkylation sites (N-methyl/N-ethyl adjacent to an activating group) is 1. The van der Waals surface area contributed by atoms with Crippen LogP contribution in [-0.2, 0) is 11.0 Å². The highest BCUT2D eigenvalue weighted by molar-refractivity contribution is 6.04. The zero-order valence-corrected chi connectivity index (χ0v) is 14.5. The molecule has 26 heavy (non-hydrogen) atoms. The lowest BCUT2D eigenvalue weighted by molar-refractivity contribution is -0.140. The van der Waals surface area contributed by atoms with Gasteiger partial charge in [0.25, 0.3) is 12.3 Å². The Labute approximate surface area is 147 Å². The van der Waals surface area contributed by atoms with Crippen LogP contribution in [0, 0.1) is 0 Å². The Morgan fingerprint density at radius 2 is 1.88 bits per heavy atom. The monoisotopic (exact) mass is 378 g/mol. The normalized spacial score (nSPS) is 21.5. The van der Waals surface area contributed by atoms with E-state index in [9.17, 15) is 26.7 Å². The van der Waals surface area contributed by atoms with Gasteiger partial charge in [-0.15, -0.1) is 0 Å². The molecule has 1 aromatic rings. The molecule has 0 bridgehead atoms. The van der Waals surface area contributed by atoms with Gasteiger partial charge in [-0.05, 0) is 19.9 Å². The van der Waals surface area contributed by atoms with E-state index in [-0.39, 0.29) is 23.5 Å². The Balaban J connectivity index is 2.11. The molecule has 1 saturated heterocycles. The van der Waals surface area contributed by atoms with Crippen molar-refractivity contribution in [3.05, 3.63) is 17.3 Å². The van der Waals surface area contributed by atoms with Crippen molar-refractivity contribution in [2.75, 3.05) is 36.5 Å². The highest BCUT2D eigenvalue weighted by atomic mass is 19.4. The Bertz CT molecular complexity index is 721. The van der Waals surface area contributed by atoms with Crippen molar-refractivity contribution < 1.29 is 26.7 Å². The van der Waals surface area contributed by atoms with Crippen LogP contribution in [0.5, 0.6) is 0 Å². The smallest absolute Gasteiger partial charge is 0.340 e. The van der Waals surface area contributed by atoms with Gasteiger partial charge < -0.3 is 9.80 Å². The topological polar surface area (TPSA) is 39.7 Å². The number of alkyl halides is 5. The second kappa shape index (κ2) is 6.33. The third-order valence-corrected chi connectivity index (χ3v) is 4.92. The predicted molar refractivity (Wildman–Crippen MR) is 85.4 cm³/mol. The van der Waals surface area contributed by atoms with E-state index >= 15 is 0 Å². The molecule has 5 nitrogen and oxygen atoms in total. The third kappa shape index (κ3) is 3.00. The van der Waals surface area contributed by atoms with E-state index < -0.39 is 29.9 Å². The lowest BCUT2D eigenvalue weighted by Crippen LogP contribution is -2.63. The Morgan fingerprint density at radius 3 is 2.42 bits per heavy atom. The van der Waals surface area contributed by atoms with Gasteiger partial charge in [-0.25, -0.2) is 13.8 Å². The number of hydrogen-bond acceptors (Lipinski definition) is 4. The van der Waals surface area contributed by atoms with Crippen molar-refractivity contribution in [3.8, 4) is 0 Å². The molecular weight excluding hydrogens is 359 g/mol. The molecule has 0 N–H and O–H groups in total. The molecule has 1 aromatic heterocycles. The predicted octanol–water partition coefficient (Wildman–Crippen LogP) is 2.91. The molecular formula is C16H19F5N4O. The number of halogens is 5. The van der Waals surface area contributed by atoms with Crippen LogP contribution in [0.1, 0.15) is 31.5 Å². The molecule has 2 aliphatic heterocycles. The summed E-state index contributed by atoms with van der Waals surface area (Å²) in [6.07, 6.45) is -8.35. The maximum absolute atomic E-state index is 13.2. The fourth-order valence-electron chi connectivity index (χ4n) is 3.44. The number of carbonyl (C=O) groups excluding carboxylic acids is 1. The molecule has 0 spiro atoms. The molecule has 1 atom stereocenters. The maximum Gasteiger partial charge on any atom is 0.418 e. The molecule has 0 aliphatic carbocycles. The Morgan fingerprint density at radius 1 is 1.23 bits per heavy atom. The van der Waals surface area contributed by atoms with Gasteiger partial charge in [0, 0.05) is 32.7 Å². The molecule has 1 amide bonds. The minimum Gasteiger partial charge on any atom is -0.340 e. The van der Waals surface area contributed by atoms with Crippen LogP contribution in [-0.4, -0.2) is 54.6 Å². The average Bonchev–Trinajstić information content (AvgIpc) is 2.57. The summed E-state index contributed by atoms with van der Waals surface area (Å²) in [4.78, 5) is 21.0. The molecule has 0 aromatic carbocycles. The first-order valence-electron chi connectivity index (χ1n) is 8.21. The second-order valence-corrected chi connectivity index (χ2v) is 6.76. The van der Waals surface area contributed by atoms with E-state index in [1.165, 1.54) is 7.05 Å².